The Morgan fingerprint density at radius 3 is 2.67 bits per heavy atom. The van der Waals surface area contributed by atoms with Gasteiger partial charge in [0.05, 0.1) is 18.8 Å². The molecule has 3 amide bonds. The van der Waals surface area contributed by atoms with Crippen LogP contribution in [0.1, 0.15) is 52.1 Å². The summed E-state index contributed by atoms with van der Waals surface area (Å²) >= 11 is 0. The highest BCUT2D eigenvalue weighted by molar-refractivity contribution is 5.89. The first-order chi connectivity index (χ1) is 15.7. The Kier molecular flexibility index (Phi) is 8.06. The van der Waals surface area contributed by atoms with Crippen LogP contribution in [-0.2, 0) is 25.6 Å². The average Bonchev–Trinajstić information content (AvgIpc) is 3.52. The van der Waals surface area contributed by atoms with Crippen molar-refractivity contribution in [1.29, 1.82) is 0 Å². The van der Waals surface area contributed by atoms with Gasteiger partial charge >= 0.3 is 5.97 Å². The first kappa shape index (κ1) is 24.7. The summed E-state index contributed by atoms with van der Waals surface area (Å²) in [6.45, 7) is 6.53. The van der Waals surface area contributed by atoms with Gasteiger partial charge < -0.3 is 15.0 Å². The normalized spacial score (nSPS) is 24.0. The van der Waals surface area contributed by atoms with Crippen molar-refractivity contribution in [2.45, 2.75) is 71.0 Å². The molecule has 11 nitrogen and oxygen atoms in total. The first-order valence-corrected chi connectivity index (χ1v) is 11.6. The molecule has 3 heterocycles. The van der Waals surface area contributed by atoms with E-state index in [4.69, 9.17) is 0 Å². The van der Waals surface area contributed by atoms with Gasteiger partial charge in [0.2, 0.25) is 11.8 Å². The molecule has 2 aliphatic heterocycles. The van der Waals surface area contributed by atoms with Gasteiger partial charge in [-0.1, -0.05) is 13.3 Å². The summed E-state index contributed by atoms with van der Waals surface area (Å²) in [7, 11) is 0. The van der Waals surface area contributed by atoms with Gasteiger partial charge in [-0.3, -0.25) is 24.7 Å². The number of aromatic amines is 1. The van der Waals surface area contributed by atoms with Crippen molar-refractivity contribution in [3.8, 4) is 0 Å². The quantitative estimate of drug-likeness (QED) is 0.475. The number of carbonyl (C=O) groups excluding carboxylic acids is 3. The molecule has 2 fully saturated rings. The molecule has 0 unspecified atom stereocenters. The number of nitrogens with zero attached hydrogens (tertiary/aromatic N) is 4. The van der Waals surface area contributed by atoms with Crippen LogP contribution in [0.15, 0.2) is 12.5 Å². The standard InChI is InChI=1S/C22H34N6O5/c1-4-16-7-9-26(20(16)21(31)28(25-15(3)29)14(2)22(32)33)12-18-6-5-8-27(18)19(30)10-17-11-23-13-24-17/h11,13-14,16,18,20H,4-10,12H2,1-3H3,(H,23,24)(H,25,29)(H,32,33)/t14-,16-,18-,20-/m0/s1. The Bertz CT molecular complexity index is 859. The molecule has 182 valence electrons. The third-order valence-corrected chi connectivity index (χ3v) is 6.70. The first-order valence-electron chi connectivity index (χ1n) is 11.6. The minimum absolute atomic E-state index is 0.0163. The second-order valence-electron chi connectivity index (χ2n) is 8.92. The third-order valence-electron chi connectivity index (χ3n) is 6.70. The van der Waals surface area contributed by atoms with Crippen molar-refractivity contribution in [3.05, 3.63) is 18.2 Å². The number of carboxylic acids is 1. The molecule has 2 saturated heterocycles. The second-order valence-corrected chi connectivity index (χ2v) is 8.92. The summed E-state index contributed by atoms with van der Waals surface area (Å²) in [5.74, 6) is -2.04. The number of rotatable bonds is 8. The Balaban J connectivity index is 1.75. The zero-order chi connectivity index (χ0) is 24.1. The van der Waals surface area contributed by atoms with Gasteiger partial charge in [-0.25, -0.2) is 14.8 Å². The van der Waals surface area contributed by atoms with Gasteiger partial charge in [0.15, 0.2) is 0 Å². The number of likely N-dealkylation sites (tertiary alicyclic amines) is 2. The van der Waals surface area contributed by atoms with E-state index in [0.29, 0.717) is 19.6 Å². The monoisotopic (exact) mass is 462 g/mol. The number of imidazole rings is 1. The zero-order valence-corrected chi connectivity index (χ0v) is 19.5. The number of hydrazine groups is 1. The van der Waals surface area contributed by atoms with Crippen LogP contribution in [0.4, 0.5) is 0 Å². The summed E-state index contributed by atoms with van der Waals surface area (Å²) < 4.78 is 0. The van der Waals surface area contributed by atoms with Crippen molar-refractivity contribution in [2.75, 3.05) is 19.6 Å². The molecule has 11 heteroatoms. The highest BCUT2D eigenvalue weighted by Gasteiger charge is 2.44. The highest BCUT2D eigenvalue weighted by Crippen LogP contribution is 2.31. The Labute approximate surface area is 193 Å². The van der Waals surface area contributed by atoms with Crippen molar-refractivity contribution in [3.63, 3.8) is 0 Å². The number of carbonyl (C=O) groups is 4. The molecule has 4 atom stereocenters. The third kappa shape index (κ3) is 5.70. The van der Waals surface area contributed by atoms with E-state index in [2.05, 4.69) is 20.3 Å². The molecule has 0 radical (unpaired) electrons. The Morgan fingerprint density at radius 2 is 2.06 bits per heavy atom. The lowest BCUT2D eigenvalue weighted by atomic mass is 9.96. The van der Waals surface area contributed by atoms with Gasteiger partial charge in [0, 0.05) is 37.9 Å². The highest BCUT2D eigenvalue weighted by atomic mass is 16.4. The fourth-order valence-corrected chi connectivity index (χ4v) is 4.95. The van der Waals surface area contributed by atoms with Crippen molar-refractivity contribution >= 4 is 23.7 Å². The van der Waals surface area contributed by atoms with Crippen molar-refractivity contribution < 1.29 is 24.3 Å². The zero-order valence-electron chi connectivity index (χ0n) is 19.5. The molecule has 2 aliphatic rings. The fourth-order valence-electron chi connectivity index (χ4n) is 4.95. The SMILES string of the molecule is CC[C@H]1CCN(C[C@@H]2CCCN2C(=O)Cc2cnc[nH]2)[C@@H]1C(=O)N(NC(C)=O)[C@@H](C)C(=O)O. The van der Waals surface area contributed by atoms with Crippen LogP contribution in [0.25, 0.3) is 0 Å². The molecule has 0 bridgehead atoms. The Hall–Kier alpha value is -2.95. The van der Waals surface area contributed by atoms with Crippen LogP contribution in [0.5, 0.6) is 0 Å². The molecule has 3 N–H and O–H groups in total. The topological polar surface area (TPSA) is 139 Å². The van der Waals surface area contributed by atoms with Gasteiger partial charge in [0.25, 0.3) is 5.91 Å². The molecule has 0 aliphatic carbocycles. The van der Waals surface area contributed by atoms with Crippen molar-refractivity contribution in [2.24, 2.45) is 5.92 Å². The molecule has 0 aromatic carbocycles. The minimum atomic E-state index is -1.19. The minimum Gasteiger partial charge on any atom is -0.480 e. The van der Waals surface area contributed by atoms with Gasteiger partial charge in [-0.05, 0) is 38.6 Å². The number of hydrogen-bond acceptors (Lipinski definition) is 6. The molecule has 1 aromatic heterocycles. The number of carboxylic acid groups (broad SMARTS) is 1. The molecule has 0 saturated carbocycles. The summed E-state index contributed by atoms with van der Waals surface area (Å²) in [4.78, 5) is 60.6. The van der Waals surface area contributed by atoms with Crippen LogP contribution < -0.4 is 5.43 Å². The predicted octanol–water partition coefficient (Wildman–Crippen LogP) is 0.397. The van der Waals surface area contributed by atoms with E-state index in [9.17, 15) is 24.3 Å². The lowest BCUT2D eigenvalue weighted by molar-refractivity contribution is -0.158. The summed E-state index contributed by atoms with van der Waals surface area (Å²) in [5.41, 5.74) is 3.18. The van der Waals surface area contributed by atoms with Gasteiger partial charge in [-0.2, -0.15) is 0 Å². The number of hydrogen-bond donors (Lipinski definition) is 3. The van der Waals surface area contributed by atoms with Crippen LogP contribution in [0.3, 0.4) is 0 Å². The van der Waals surface area contributed by atoms with Gasteiger partial charge in [0.1, 0.15) is 6.04 Å². The largest absolute Gasteiger partial charge is 0.480 e. The molecule has 0 spiro atoms. The van der Waals surface area contributed by atoms with E-state index in [0.717, 1.165) is 36.4 Å². The van der Waals surface area contributed by atoms with Crippen LogP contribution >= 0.6 is 0 Å². The Morgan fingerprint density at radius 1 is 1.30 bits per heavy atom. The lowest BCUT2D eigenvalue weighted by Crippen LogP contribution is -2.60. The molecule has 1 aromatic rings. The maximum absolute atomic E-state index is 13.5. The average molecular weight is 463 g/mol. The van der Waals surface area contributed by atoms with Crippen LogP contribution in [-0.4, -0.2) is 91.3 Å². The summed E-state index contributed by atoms with van der Waals surface area (Å²) in [6, 6.07) is -1.76. The van der Waals surface area contributed by atoms with E-state index in [1.807, 2.05) is 11.8 Å². The van der Waals surface area contributed by atoms with Crippen LogP contribution in [0.2, 0.25) is 0 Å². The van der Waals surface area contributed by atoms with E-state index < -0.39 is 29.9 Å². The van der Waals surface area contributed by atoms with E-state index in [1.54, 1.807) is 12.5 Å². The number of amides is 3. The molecular formula is C22H34N6O5. The maximum atomic E-state index is 13.5. The molecule has 3 rings (SSSR count). The molecular weight excluding hydrogens is 428 g/mol. The predicted molar refractivity (Wildman–Crippen MR) is 119 cm³/mol. The second kappa shape index (κ2) is 10.8. The lowest BCUT2D eigenvalue weighted by Gasteiger charge is -2.36. The van der Waals surface area contributed by atoms with Crippen molar-refractivity contribution in [1.82, 2.24) is 30.2 Å². The molecule has 33 heavy (non-hydrogen) atoms. The van der Waals surface area contributed by atoms with E-state index in [-0.39, 0.29) is 24.3 Å². The van der Waals surface area contributed by atoms with Gasteiger partial charge in [-0.15, -0.1) is 0 Å². The smallest absolute Gasteiger partial charge is 0.328 e. The maximum Gasteiger partial charge on any atom is 0.328 e. The van der Waals surface area contributed by atoms with E-state index in [1.165, 1.54) is 13.8 Å². The number of aliphatic carboxylic acids is 1. The number of aromatic nitrogens is 2. The number of H-pyrrole nitrogens is 1. The summed E-state index contributed by atoms with van der Waals surface area (Å²) in [5, 5.41) is 10.4. The van der Waals surface area contributed by atoms with E-state index >= 15 is 0 Å². The number of nitrogens with one attached hydrogen (secondary N) is 2. The van der Waals surface area contributed by atoms with Crippen LogP contribution in [0, 0.1) is 5.92 Å². The fraction of sp³-hybridized carbons (Fsp3) is 0.682. The summed E-state index contributed by atoms with van der Waals surface area (Å²) in [6.07, 6.45) is 6.76.